The van der Waals surface area contributed by atoms with Crippen LogP contribution in [0.1, 0.15) is 4.88 Å². The lowest BCUT2D eigenvalue weighted by Crippen LogP contribution is -2.13. The van der Waals surface area contributed by atoms with Gasteiger partial charge in [-0.25, -0.2) is 4.98 Å². The number of hydrogen-bond donors (Lipinski definition) is 1. The van der Waals surface area contributed by atoms with Gasteiger partial charge in [0.25, 0.3) is 0 Å². The zero-order valence-electron chi connectivity index (χ0n) is 13.3. The number of nitrogens with zero attached hydrogens (tertiary/aromatic N) is 1. The molecular formula is C18H14BrClN2OS2. The van der Waals surface area contributed by atoms with Crippen LogP contribution < -0.4 is 5.32 Å². The van der Waals surface area contributed by atoms with Crippen molar-refractivity contribution in [1.82, 2.24) is 4.98 Å². The highest BCUT2D eigenvalue weighted by Crippen LogP contribution is 2.31. The number of anilines is 1. The van der Waals surface area contributed by atoms with Gasteiger partial charge in [-0.3, -0.25) is 4.79 Å². The molecule has 1 N–H and O–H groups in total. The molecule has 0 saturated heterocycles. The van der Waals surface area contributed by atoms with E-state index in [0.29, 0.717) is 15.9 Å². The Hall–Kier alpha value is -1.34. The van der Waals surface area contributed by atoms with Gasteiger partial charge in [-0.2, -0.15) is 0 Å². The largest absolute Gasteiger partial charge is 0.301 e. The van der Waals surface area contributed by atoms with Crippen LogP contribution in [-0.4, -0.2) is 16.6 Å². The SMILES string of the molecule is Cc1sc(NC(=O)CSc2ccc(Cl)cc2)nc1-c1ccc(Br)cc1. The molecule has 0 atom stereocenters. The molecule has 3 rings (SSSR count). The van der Waals surface area contributed by atoms with Gasteiger partial charge in [-0.15, -0.1) is 23.1 Å². The molecule has 1 aromatic heterocycles. The lowest BCUT2D eigenvalue weighted by atomic mass is 10.1. The lowest BCUT2D eigenvalue weighted by Gasteiger charge is -2.02. The van der Waals surface area contributed by atoms with Crippen LogP contribution in [0.3, 0.4) is 0 Å². The van der Waals surface area contributed by atoms with Crippen molar-refractivity contribution in [2.45, 2.75) is 11.8 Å². The summed E-state index contributed by atoms with van der Waals surface area (Å²) < 4.78 is 1.02. The number of carbonyl (C=O) groups is 1. The Balaban J connectivity index is 1.62. The van der Waals surface area contributed by atoms with Crippen LogP contribution in [0.4, 0.5) is 5.13 Å². The van der Waals surface area contributed by atoms with Crippen LogP contribution in [-0.2, 0) is 4.79 Å². The van der Waals surface area contributed by atoms with E-state index in [2.05, 4.69) is 26.2 Å². The number of carbonyl (C=O) groups excluding carboxylic acids is 1. The first-order valence-corrected chi connectivity index (χ1v) is 10.4. The molecule has 1 amide bonds. The van der Waals surface area contributed by atoms with E-state index < -0.39 is 0 Å². The van der Waals surface area contributed by atoms with Crippen molar-refractivity contribution < 1.29 is 4.79 Å². The molecule has 0 spiro atoms. The van der Waals surface area contributed by atoms with Crippen molar-refractivity contribution in [3.8, 4) is 11.3 Å². The summed E-state index contributed by atoms with van der Waals surface area (Å²) in [7, 11) is 0. The highest BCUT2D eigenvalue weighted by atomic mass is 79.9. The fourth-order valence-electron chi connectivity index (χ4n) is 2.16. The summed E-state index contributed by atoms with van der Waals surface area (Å²) in [5.74, 6) is 0.254. The van der Waals surface area contributed by atoms with Gasteiger partial charge in [0.05, 0.1) is 11.4 Å². The predicted molar refractivity (Wildman–Crippen MR) is 111 cm³/mol. The normalized spacial score (nSPS) is 10.7. The lowest BCUT2D eigenvalue weighted by molar-refractivity contribution is -0.113. The summed E-state index contributed by atoms with van der Waals surface area (Å²) in [5.41, 5.74) is 1.94. The molecule has 128 valence electrons. The van der Waals surface area contributed by atoms with E-state index in [-0.39, 0.29) is 5.91 Å². The highest BCUT2D eigenvalue weighted by molar-refractivity contribution is 9.10. The Labute approximate surface area is 168 Å². The summed E-state index contributed by atoms with van der Waals surface area (Å²) in [6, 6.07) is 15.4. The van der Waals surface area contributed by atoms with Crippen molar-refractivity contribution in [2.24, 2.45) is 0 Å². The van der Waals surface area contributed by atoms with Gasteiger partial charge in [0.2, 0.25) is 5.91 Å². The van der Waals surface area contributed by atoms with Crippen molar-refractivity contribution in [2.75, 3.05) is 11.1 Å². The first-order chi connectivity index (χ1) is 12.0. The van der Waals surface area contributed by atoms with Crippen molar-refractivity contribution >= 4 is 61.7 Å². The van der Waals surface area contributed by atoms with Crippen LogP contribution in [0.5, 0.6) is 0 Å². The second kappa shape index (κ2) is 8.36. The number of aromatic nitrogens is 1. The number of halogens is 2. The summed E-state index contributed by atoms with van der Waals surface area (Å²) in [5, 5.41) is 4.19. The van der Waals surface area contributed by atoms with Crippen LogP contribution in [0.15, 0.2) is 57.9 Å². The van der Waals surface area contributed by atoms with Crippen LogP contribution in [0.2, 0.25) is 5.02 Å². The topological polar surface area (TPSA) is 42.0 Å². The number of amides is 1. The Bertz CT molecular complexity index is 879. The fraction of sp³-hybridized carbons (Fsp3) is 0.111. The molecular weight excluding hydrogens is 440 g/mol. The first kappa shape index (κ1) is 18.5. The van der Waals surface area contributed by atoms with Gasteiger partial charge >= 0.3 is 0 Å². The average Bonchev–Trinajstić information content (AvgIpc) is 2.95. The molecule has 2 aromatic carbocycles. The van der Waals surface area contributed by atoms with E-state index in [9.17, 15) is 4.79 Å². The molecule has 0 unspecified atom stereocenters. The minimum Gasteiger partial charge on any atom is -0.301 e. The third-order valence-electron chi connectivity index (χ3n) is 3.34. The summed E-state index contributed by atoms with van der Waals surface area (Å²) >= 11 is 12.2. The van der Waals surface area contributed by atoms with E-state index >= 15 is 0 Å². The van der Waals surface area contributed by atoms with Crippen LogP contribution in [0.25, 0.3) is 11.3 Å². The highest BCUT2D eigenvalue weighted by Gasteiger charge is 2.12. The quantitative estimate of drug-likeness (QED) is 0.463. The summed E-state index contributed by atoms with van der Waals surface area (Å²) in [6.07, 6.45) is 0. The maximum Gasteiger partial charge on any atom is 0.236 e. The zero-order chi connectivity index (χ0) is 17.8. The maximum absolute atomic E-state index is 12.2. The third kappa shape index (κ3) is 5.07. The molecule has 0 bridgehead atoms. The Morgan fingerprint density at radius 3 is 2.56 bits per heavy atom. The molecule has 1 heterocycles. The maximum atomic E-state index is 12.2. The van der Waals surface area contributed by atoms with Crippen LogP contribution >= 0.6 is 50.6 Å². The van der Waals surface area contributed by atoms with Crippen molar-refractivity contribution in [3.63, 3.8) is 0 Å². The van der Waals surface area contributed by atoms with Gasteiger partial charge in [-0.05, 0) is 43.3 Å². The van der Waals surface area contributed by atoms with Gasteiger partial charge in [0, 0.05) is 24.8 Å². The Kier molecular flexibility index (Phi) is 6.17. The van der Waals surface area contributed by atoms with E-state index in [1.165, 1.54) is 23.1 Å². The fourth-order valence-corrected chi connectivity index (χ4v) is 4.10. The number of thiazole rings is 1. The number of aryl methyl sites for hydroxylation is 1. The van der Waals surface area contributed by atoms with E-state index in [0.717, 1.165) is 25.5 Å². The molecule has 0 saturated carbocycles. The molecule has 0 radical (unpaired) electrons. The number of nitrogens with one attached hydrogen (secondary N) is 1. The zero-order valence-corrected chi connectivity index (χ0v) is 17.2. The Morgan fingerprint density at radius 1 is 1.20 bits per heavy atom. The van der Waals surface area contributed by atoms with E-state index in [1.54, 1.807) is 0 Å². The van der Waals surface area contributed by atoms with Gasteiger partial charge < -0.3 is 5.32 Å². The molecule has 0 aliphatic heterocycles. The predicted octanol–water partition coefficient (Wildman–Crippen LogP) is 6.27. The van der Waals surface area contributed by atoms with Crippen LogP contribution in [0, 0.1) is 6.92 Å². The molecule has 3 nitrogen and oxygen atoms in total. The Morgan fingerprint density at radius 2 is 1.88 bits per heavy atom. The second-order valence-electron chi connectivity index (χ2n) is 5.22. The number of benzene rings is 2. The third-order valence-corrected chi connectivity index (χ3v) is 6.02. The number of thioether (sulfide) groups is 1. The molecule has 3 aromatic rings. The number of rotatable bonds is 5. The van der Waals surface area contributed by atoms with E-state index in [1.807, 2.05) is 55.5 Å². The van der Waals surface area contributed by atoms with Gasteiger partial charge in [0.15, 0.2) is 5.13 Å². The molecule has 7 heteroatoms. The smallest absolute Gasteiger partial charge is 0.236 e. The van der Waals surface area contributed by atoms with Crippen molar-refractivity contribution in [1.29, 1.82) is 0 Å². The average molecular weight is 454 g/mol. The second-order valence-corrected chi connectivity index (χ2v) is 8.83. The van der Waals surface area contributed by atoms with Gasteiger partial charge in [0.1, 0.15) is 0 Å². The molecule has 0 aliphatic rings. The van der Waals surface area contributed by atoms with E-state index in [4.69, 9.17) is 11.6 Å². The molecule has 0 aliphatic carbocycles. The summed E-state index contributed by atoms with van der Waals surface area (Å²) in [6.45, 7) is 2.01. The minimum absolute atomic E-state index is 0.0731. The standard InChI is InChI=1S/C18H14BrClN2OS2/c1-11-17(12-2-4-13(19)5-3-12)22-18(25-11)21-16(23)10-24-15-8-6-14(20)7-9-15/h2-9H,10H2,1H3,(H,21,22,23). The number of hydrogen-bond acceptors (Lipinski definition) is 4. The van der Waals surface area contributed by atoms with Gasteiger partial charge in [-0.1, -0.05) is 39.7 Å². The monoisotopic (exact) mass is 452 g/mol. The summed E-state index contributed by atoms with van der Waals surface area (Å²) in [4.78, 5) is 18.8. The first-order valence-electron chi connectivity index (χ1n) is 7.43. The van der Waals surface area contributed by atoms with Crippen molar-refractivity contribution in [3.05, 3.63) is 62.9 Å². The molecule has 0 fully saturated rings. The minimum atomic E-state index is -0.0731. The molecule has 25 heavy (non-hydrogen) atoms.